The van der Waals surface area contributed by atoms with Crippen molar-refractivity contribution in [1.82, 2.24) is 19.9 Å². The van der Waals surface area contributed by atoms with E-state index in [1.165, 1.54) is 10.4 Å². The monoisotopic (exact) mass is 392 g/mol. The molecule has 0 saturated carbocycles. The number of fused-ring (bicyclic) bond motifs is 1. The van der Waals surface area contributed by atoms with Gasteiger partial charge in [-0.1, -0.05) is 18.2 Å². The molecule has 1 aliphatic heterocycles. The molecule has 150 valence electrons. The van der Waals surface area contributed by atoms with Crippen LogP contribution in [0.15, 0.2) is 42.5 Å². The molecule has 0 spiro atoms. The van der Waals surface area contributed by atoms with Gasteiger partial charge in [0.15, 0.2) is 17.2 Å². The van der Waals surface area contributed by atoms with E-state index in [9.17, 15) is 4.79 Å². The van der Waals surface area contributed by atoms with E-state index >= 15 is 0 Å². The lowest BCUT2D eigenvalue weighted by molar-refractivity contribution is 0.0670. The van der Waals surface area contributed by atoms with Gasteiger partial charge in [-0.05, 0) is 55.7 Å². The predicted octanol–water partition coefficient (Wildman–Crippen LogP) is 3.35. The Morgan fingerprint density at radius 1 is 1.07 bits per heavy atom. The zero-order chi connectivity index (χ0) is 20.5. The first kappa shape index (κ1) is 19.0. The van der Waals surface area contributed by atoms with Crippen molar-refractivity contribution in [3.8, 4) is 17.2 Å². The van der Waals surface area contributed by atoms with Crippen LogP contribution in [-0.4, -0.2) is 46.6 Å². The maximum Gasteiger partial charge on any atom is 0.276 e. The standard InChI is InChI=1S/C22H24N4O3/c1-14-21(24-26(23-14)17-8-6-5-7-9-17)22(27)25-11-10-16-12-19(28-3)20(29-4)13-18(16)15(25)2/h5-9,12-13,15H,10-11H2,1-4H3. The number of amides is 1. The van der Waals surface area contributed by atoms with Crippen LogP contribution >= 0.6 is 0 Å². The number of para-hydroxylation sites is 1. The summed E-state index contributed by atoms with van der Waals surface area (Å²) in [5.74, 6) is 1.26. The molecule has 1 amide bonds. The van der Waals surface area contributed by atoms with Crippen LogP contribution < -0.4 is 9.47 Å². The Hall–Kier alpha value is -3.35. The minimum atomic E-state index is -0.113. The number of carbonyl (C=O) groups is 1. The van der Waals surface area contributed by atoms with Gasteiger partial charge in [0.05, 0.1) is 31.6 Å². The SMILES string of the molecule is COc1cc2c(cc1OC)C(C)N(C(=O)c1nn(-c3ccccc3)nc1C)CC2. The molecule has 7 heteroatoms. The maximum absolute atomic E-state index is 13.3. The highest BCUT2D eigenvalue weighted by Gasteiger charge is 2.32. The third kappa shape index (κ3) is 3.33. The van der Waals surface area contributed by atoms with Crippen LogP contribution in [-0.2, 0) is 6.42 Å². The van der Waals surface area contributed by atoms with E-state index in [0.717, 1.165) is 17.7 Å². The Bertz CT molecular complexity index is 1050. The molecule has 3 aromatic rings. The van der Waals surface area contributed by atoms with Crippen molar-refractivity contribution in [2.75, 3.05) is 20.8 Å². The first-order valence-corrected chi connectivity index (χ1v) is 9.58. The van der Waals surface area contributed by atoms with Crippen molar-refractivity contribution in [2.45, 2.75) is 26.3 Å². The molecule has 2 aromatic carbocycles. The Balaban J connectivity index is 1.65. The van der Waals surface area contributed by atoms with Crippen LogP contribution in [0.4, 0.5) is 0 Å². The zero-order valence-electron chi connectivity index (χ0n) is 17.0. The second-order valence-electron chi connectivity index (χ2n) is 7.09. The fourth-order valence-electron chi connectivity index (χ4n) is 3.81. The highest BCUT2D eigenvalue weighted by Crippen LogP contribution is 2.38. The first-order chi connectivity index (χ1) is 14.0. The number of aryl methyl sites for hydroxylation is 1. The van der Waals surface area contributed by atoms with Gasteiger partial charge in [-0.15, -0.1) is 5.10 Å². The van der Waals surface area contributed by atoms with Crippen LogP contribution in [0.5, 0.6) is 11.5 Å². The molecule has 0 aliphatic carbocycles. The van der Waals surface area contributed by atoms with Gasteiger partial charge in [-0.2, -0.15) is 9.90 Å². The van der Waals surface area contributed by atoms with Crippen molar-refractivity contribution < 1.29 is 14.3 Å². The summed E-state index contributed by atoms with van der Waals surface area (Å²) in [7, 11) is 3.25. The van der Waals surface area contributed by atoms with E-state index in [-0.39, 0.29) is 11.9 Å². The van der Waals surface area contributed by atoms with Gasteiger partial charge < -0.3 is 14.4 Å². The van der Waals surface area contributed by atoms with E-state index < -0.39 is 0 Å². The number of methoxy groups -OCH3 is 2. The number of rotatable bonds is 4. The van der Waals surface area contributed by atoms with Crippen LogP contribution in [0, 0.1) is 6.92 Å². The van der Waals surface area contributed by atoms with Crippen molar-refractivity contribution in [3.05, 3.63) is 65.0 Å². The van der Waals surface area contributed by atoms with Gasteiger partial charge in [0.2, 0.25) is 0 Å². The van der Waals surface area contributed by atoms with Crippen LogP contribution in [0.1, 0.15) is 40.3 Å². The van der Waals surface area contributed by atoms with Gasteiger partial charge in [0.25, 0.3) is 5.91 Å². The number of benzene rings is 2. The normalized spacial score (nSPS) is 15.7. The lowest BCUT2D eigenvalue weighted by atomic mass is 9.92. The van der Waals surface area contributed by atoms with Gasteiger partial charge in [-0.25, -0.2) is 0 Å². The number of aromatic nitrogens is 3. The second kappa shape index (κ2) is 7.58. The molecule has 0 N–H and O–H groups in total. The molecule has 2 heterocycles. The van der Waals surface area contributed by atoms with E-state index in [4.69, 9.17) is 9.47 Å². The largest absolute Gasteiger partial charge is 0.493 e. The predicted molar refractivity (Wildman–Crippen MR) is 109 cm³/mol. The highest BCUT2D eigenvalue weighted by atomic mass is 16.5. The minimum Gasteiger partial charge on any atom is -0.493 e. The maximum atomic E-state index is 13.3. The van der Waals surface area contributed by atoms with E-state index in [1.807, 2.05) is 61.2 Å². The van der Waals surface area contributed by atoms with Gasteiger partial charge in [0, 0.05) is 6.54 Å². The number of hydrogen-bond acceptors (Lipinski definition) is 5. The molecule has 0 bridgehead atoms. The molecule has 1 aromatic heterocycles. The average Bonchev–Trinajstić information content (AvgIpc) is 3.15. The second-order valence-corrected chi connectivity index (χ2v) is 7.09. The summed E-state index contributed by atoms with van der Waals surface area (Å²) in [6, 6.07) is 13.5. The van der Waals surface area contributed by atoms with E-state index in [2.05, 4.69) is 10.2 Å². The van der Waals surface area contributed by atoms with Crippen LogP contribution in [0.2, 0.25) is 0 Å². The average molecular weight is 392 g/mol. The Morgan fingerprint density at radius 3 is 2.45 bits per heavy atom. The number of ether oxygens (including phenoxy) is 2. The van der Waals surface area contributed by atoms with E-state index in [0.29, 0.717) is 29.4 Å². The molecule has 4 rings (SSSR count). The molecule has 29 heavy (non-hydrogen) atoms. The summed E-state index contributed by atoms with van der Waals surface area (Å²) in [6.45, 7) is 4.45. The molecular formula is C22H24N4O3. The number of carbonyl (C=O) groups excluding carboxylic acids is 1. The lowest BCUT2D eigenvalue weighted by Gasteiger charge is -2.35. The van der Waals surface area contributed by atoms with Crippen LogP contribution in [0.25, 0.3) is 5.69 Å². The van der Waals surface area contributed by atoms with Crippen LogP contribution in [0.3, 0.4) is 0 Å². The molecule has 7 nitrogen and oxygen atoms in total. The van der Waals surface area contributed by atoms with Gasteiger partial charge >= 0.3 is 0 Å². The molecule has 0 fully saturated rings. The molecular weight excluding hydrogens is 368 g/mol. The third-order valence-electron chi connectivity index (χ3n) is 5.42. The van der Waals surface area contributed by atoms with Crippen molar-refractivity contribution >= 4 is 5.91 Å². The fourth-order valence-corrected chi connectivity index (χ4v) is 3.81. The van der Waals surface area contributed by atoms with Crippen molar-refractivity contribution in [1.29, 1.82) is 0 Å². The van der Waals surface area contributed by atoms with Gasteiger partial charge in [-0.3, -0.25) is 4.79 Å². The highest BCUT2D eigenvalue weighted by molar-refractivity contribution is 5.93. The van der Waals surface area contributed by atoms with E-state index in [1.54, 1.807) is 14.2 Å². The molecule has 1 aliphatic rings. The number of hydrogen-bond donors (Lipinski definition) is 0. The fraction of sp³-hybridized carbons (Fsp3) is 0.318. The minimum absolute atomic E-state index is 0.104. The summed E-state index contributed by atoms with van der Waals surface area (Å²) in [5.41, 5.74) is 4.05. The zero-order valence-corrected chi connectivity index (χ0v) is 17.0. The number of nitrogens with zero attached hydrogens (tertiary/aromatic N) is 4. The Labute approximate surface area is 169 Å². The Kier molecular flexibility index (Phi) is 4.96. The molecule has 0 radical (unpaired) electrons. The first-order valence-electron chi connectivity index (χ1n) is 9.58. The summed E-state index contributed by atoms with van der Waals surface area (Å²) in [6.07, 6.45) is 0.748. The van der Waals surface area contributed by atoms with Crippen molar-refractivity contribution in [3.63, 3.8) is 0 Å². The summed E-state index contributed by atoms with van der Waals surface area (Å²) in [5, 5.41) is 8.91. The third-order valence-corrected chi connectivity index (χ3v) is 5.42. The summed E-state index contributed by atoms with van der Waals surface area (Å²) < 4.78 is 10.9. The molecule has 1 unspecified atom stereocenters. The van der Waals surface area contributed by atoms with Gasteiger partial charge in [0.1, 0.15) is 0 Å². The summed E-state index contributed by atoms with van der Waals surface area (Å²) >= 11 is 0. The summed E-state index contributed by atoms with van der Waals surface area (Å²) in [4.78, 5) is 16.7. The topological polar surface area (TPSA) is 69.5 Å². The lowest BCUT2D eigenvalue weighted by Crippen LogP contribution is -2.39. The quantitative estimate of drug-likeness (QED) is 0.681. The molecule has 0 saturated heterocycles. The van der Waals surface area contributed by atoms with Crippen molar-refractivity contribution in [2.24, 2.45) is 0 Å². The Morgan fingerprint density at radius 2 is 1.76 bits per heavy atom. The smallest absolute Gasteiger partial charge is 0.276 e. The molecule has 1 atom stereocenters.